The van der Waals surface area contributed by atoms with Crippen molar-refractivity contribution < 1.29 is 19.1 Å². The van der Waals surface area contributed by atoms with Crippen LogP contribution in [0.2, 0.25) is 0 Å². The van der Waals surface area contributed by atoms with Crippen LogP contribution in [0.3, 0.4) is 0 Å². The predicted molar refractivity (Wildman–Crippen MR) is 331 cm³/mol. The molecular weight excluding hydrogens is 1050 g/mol. The van der Waals surface area contributed by atoms with Crippen LogP contribution in [0.1, 0.15) is 84.0 Å². The number of amides is 2. The summed E-state index contributed by atoms with van der Waals surface area (Å²) in [4.78, 5) is 82.4. The van der Waals surface area contributed by atoms with E-state index in [9.17, 15) is 24.0 Å². The normalized spacial score (nSPS) is 10.7. The van der Waals surface area contributed by atoms with Gasteiger partial charge in [0.05, 0.1) is 47.3 Å². The Bertz CT molecular complexity index is 3750. The minimum atomic E-state index is -0.774. The molecule has 0 unspecified atom stereocenters. The van der Waals surface area contributed by atoms with E-state index in [1.54, 1.807) is 24.3 Å². The minimum Gasteiger partial charge on any atom is -0.449 e. The van der Waals surface area contributed by atoms with Crippen molar-refractivity contribution in [1.29, 1.82) is 0 Å². The molecule has 0 aliphatic heterocycles. The first-order valence-electron chi connectivity index (χ1n) is 27.8. The maximum atomic E-state index is 14.0. The van der Waals surface area contributed by atoms with Crippen LogP contribution >= 0.6 is 0 Å². The molecule has 0 spiro atoms. The number of anilines is 2. The molecule has 9 aromatic rings. The molecular formula is C68H63N9O7. The van der Waals surface area contributed by atoms with E-state index < -0.39 is 29.3 Å². The van der Waals surface area contributed by atoms with Crippen molar-refractivity contribution in [2.24, 2.45) is 27.0 Å². The molecule has 9 rings (SSSR count). The zero-order chi connectivity index (χ0) is 58.6. The lowest BCUT2D eigenvalue weighted by Gasteiger charge is -2.13. The molecule has 0 fully saturated rings. The number of benzene rings is 8. The van der Waals surface area contributed by atoms with Gasteiger partial charge in [-0.2, -0.15) is 20.0 Å². The molecule has 16 nitrogen and oxygen atoms in total. The van der Waals surface area contributed by atoms with Gasteiger partial charge in [0.25, 0.3) is 0 Å². The number of aliphatic imine (C=N–C) groups is 4. The van der Waals surface area contributed by atoms with Crippen LogP contribution in [-0.2, 0) is 42.2 Å². The van der Waals surface area contributed by atoms with Gasteiger partial charge in [-0.3, -0.25) is 10.6 Å². The van der Waals surface area contributed by atoms with E-state index >= 15 is 0 Å². The monoisotopic (exact) mass is 1120 g/mol. The number of nitrogens with zero attached hydrogens (tertiary/aromatic N) is 7. The Labute approximate surface area is 486 Å². The first kappa shape index (κ1) is 58.1. The standard InChI is InChI=1S/C68H63N9O7/c1-4-6-40-83-64(78)73-60-32-16-52(17-33-60)42-48-8-24-56(25-9-48)69-46-71-58-28-12-50(13-29-58)44-54-20-36-62(37-21-54)76-66(80)75(3)67(81)77(68(76)82)63-38-22-55(23-39-63)45-51-14-30-59(31-15-51)72-47-70-57-26-10-49(11-27-57)43-53-18-34-61(35-19-53)74-65(79)84-41-7-5-2/h8-39H,4-7,40-45H2,1-3H3,(H,73,78)(H,74,79). The van der Waals surface area contributed by atoms with Crippen molar-refractivity contribution >= 4 is 58.3 Å². The van der Waals surface area contributed by atoms with Crippen LogP contribution in [-0.4, -0.2) is 51.1 Å². The summed E-state index contributed by atoms with van der Waals surface area (Å²) in [5.74, 6) is 0. The second kappa shape index (κ2) is 28.8. The maximum Gasteiger partial charge on any atom is 0.411 e. The third-order valence-electron chi connectivity index (χ3n) is 13.7. The lowest BCUT2D eigenvalue weighted by molar-refractivity contribution is 0.159. The molecule has 422 valence electrons. The van der Waals surface area contributed by atoms with Crippen molar-refractivity contribution in [3.8, 4) is 11.4 Å². The fraction of sp³-hybridized carbons (Fsp3) is 0.191. The van der Waals surface area contributed by atoms with Crippen molar-refractivity contribution in [3.05, 3.63) is 270 Å². The quantitative estimate of drug-likeness (QED) is 0.0498. The van der Waals surface area contributed by atoms with Crippen LogP contribution in [0.15, 0.2) is 228 Å². The summed E-state index contributed by atoms with van der Waals surface area (Å²) in [5.41, 5.74) is 11.0. The molecule has 0 saturated heterocycles. The number of ether oxygens (including phenoxy) is 2. The fourth-order valence-electron chi connectivity index (χ4n) is 8.93. The Morgan fingerprint density at radius 3 is 0.893 bits per heavy atom. The summed E-state index contributed by atoms with van der Waals surface area (Å²) in [6.07, 6.45) is 5.31. The summed E-state index contributed by atoms with van der Waals surface area (Å²) in [5, 5.41) is 5.51. The SMILES string of the molecule is CCCCOC(=O)Nc1ccc(Cc2ccc(N=C=Nc3ccc(Cc4ccc(-n5c(=O)n(C)c(=O)n(-c6ccc(Cc7ccc(N=C=Nc8ccc(Cc9ccc(NC(=O)OCCCC)cc9)cc8)cc7)cc6)c5=O)cc4)cc3)cc2)cc1. The summed E-state index contributed by atoms with van der Waals surface area (Å²) >= 11 is 0. The number of hydrogen-bond donors (Lipinski definition) is 2. The van der Waals surface area contributed by atoms with Crippen LogP contribution in [0.5, 0.6) is 0 Å². The first-order chi connectivity index (χ1) is 41.0. The van der Waals surface area contributed by atoms with Crippen molar-refractivity contribution in [3.63, 3.8) is 0 Å². The van der Waals surface area contributed by atoms with E-state index in [1.165, 1.54) is 7.05 Å². The van der Waals surface area contributed by atoms with Gasteiger partial charge in [-0.15, -0.1) is 0 Å². The summed E-state index contributed by atoms with van der Waals surface area (Å²) < 4.78 is 13.3. The number of carbonyl (C=O) groups is 2. The van der Waals surface area contributed by atoms with Gasteiger partial charge in [-0.05, 0) is 180 Å². The number of unbranched alkanes of at least 4 members (excludes halogenated alkanes) is 2. The third kappa shape index (κ3) is 16.3. The van der Waals surface area contributed by atoms with Crippen LogP contribution in [0.25, 0.3) is 11.4 Å². The number of aromatic nitrogens is 3. The van der Waals surface area contributed by atoms with Crippen molar-refractivity contribution in [1.82, 2.24) is 13.7 Å². The topological polar surface area (TPSA) is 192 Å². The van der Waals surface area contributed by atoms with Gasteiger partial charge in [-0.1, -0.05) is 124 Å². The highest BCUT2D eigenvalue weighted by Crippen LogP contribution is 2.22. The van der Waals surface area contributed by atoms with Crippen LogP contribution in [0.4, 0.5) is 43.7 Å². The summed E-state index contributed by atoms with van der Waals surface area (Å²) in [6.45, 7) is 4.90. The number of nitrogens with one attached hydrogen (secondary N) is 2. The minimum absolute atomic E-state index is 0.331. The van der Waals surface area contributed by atoms with Gasteiger partial charge < -0.3 is 9.47 Å². The van der Waals surface area contributed by atoms with Gasteiger partial charge in [0.2, 0.25) is 0 Å². The summed E-state index contributed by atoms with van der Waals surface area (Å²) in [6, 6.07) is 66.3. The second-order valence-corrected chi connectivity index (χ2v) is 20.1. The van der Waals surface area contributed by atoms with Gasteiger partial charge in [-0.25, -0.2) is 37.7 Å². The molecule has 84 heavy (non-hydrogen) atoms. The highest BCUT2D eigenvalue weighted by molar-refractivity contribution is 5.85. The van der Waals surface area contributed by atoms with Gasteiger partial charge >= 0.3 is 29.3 Å². The Morgan fingerprint density at radius 2 is 0.631 bits per heavy atom. The largest absolute Gasteiger partial charge is 0.449 e. The molecule has 1 heterocycles. The van der Waals surface area contributed by atoms with Crippen molar-refractivity contribution in [2.45, 2.75) is 65.2 Å². The Hall–Kier alpha value is -10.5. The molecule has 8 aromatic carbocycles. The Morgan fingerprint density at radius 1 is 0.381 bits per heavy atom. The Balaban J connectivity index is 0.751. The van der Waals surface area contributed by atoms with E-state index in [0.717, 1.165) is 108 Å². The third-order valence-corrected chi connectivity index (χ3v) is 13.7. The number of hydrogen-bond acceptors (Lipinski definition) is 11. The predicted octanol–water partition coefficient (Wildman–Crippen LogP) is 14.0. The number of carbonyl (C=O) groups excluding carboxylic acids is 2. The fourth-order valence-corrected chi connectivity index (χ4v) is 8.93. The molecule has 0 aliphatic rings. The molecule has 2 amide bonds. The van der Waals surface area contributed by atoms with Gasteiger partial charge in [0, 0.05) is 18.4 Å². The molecule has 0 aliphatic carbocycles. The number of rotatable bonds is 22. The van der Waals surface area contributed by atoms with E-state index in [4.69, 9.17) is 9.47 Å². The van der Waals surface area contributed by atoms with E-state index in [-0.39, 0.29) is 0 Å². The van der Waals surface area contributed by atoms with Gasteiger partial charge in [0.15, 0.2) is 0 Å². The highest BCUT2D eigenvalue weighted by Gasteiger charge is 2.17. The van der Waals surface area contributed by atoms with E-state index in [2.05, 4.69) is 42.6 Å². The average molecular weight is 1120 g/mol. The summed E-state index contributed by atoms with van der Waals surface area (Å²) in [7, 11) is 1.36. The lowest BCUT2D eigenvalue weighted by atomic mass is 10.0. The van der Waals surface area contributed by atoms with E-state index in [0.29, 0.717) is 60.2 Å². The Kier molecular flexibility index (Phi) is 19.9. The van der Waals surface area contributed by atoms with Gasteiger partial charge in [0.1, 0.15) is 12.0 Å². The molecule has 16 heteroatoms. The average Bonchev–Trinajstić information content (AvgIpc) is 1.77. The second-order valence-electron chi connectivity index (χ2n) is 20.1. The molecule has 1 aromatic heterocycles. The molecule has 0 bridgehead atoms. The smallest absolute Gasteiger partial charge is 0.411 e. The van der Waals surface area contributed by atoms with E-state index in [1.807, 2.05) is 184 Å². The zero-order valence-electron chi connectivity index (χ0n) is 47.0. The molecule has 2 N–H and O–H groups in total. The molecule has 0 saturated carbocycles. The maximum absolute atomic E-state index is 14.0. The molecule has 0 atom stereocenters. The highest BCUT2D eigenvalue weighted by atomic mass is 16.6. The van der Waals surface area contributed by atoms with Crippen LogP contribution in [0, 0.1) is 0 Å². The first-order valence-corrected chi connectivity index (χ1v) is 27.8. The van der Waals surface area contributed by atoms with Crippen molar-refractivity contribution in [2.75, 3.05) is 23.8 Å². The van der Waals surface area contributed by atoms with Crippen LogP contribution < -0.4 is 27.7 Å². The molecule has 0 radical (unpaired) electrons. The zero-order valence-corrected chi connectivity index (χ0v) is 47.0. The lowest BCUT2D eigenvalue weighted by Crippen LogP contribution is -2.52.